The maximum absolute atomic E-state index is 13.2. The Morgan fingerprint density at radius 2 is 1.60 bits per heavy atom. The predicted octanol–water partition coefficient (Wildman–Crippen LogP) is 4.76. The Kier molecular flexibility index (Phi) is 3.89. The van der Waals surface area contributed by atoms with E-state index in [2.05, 4.69) is 13.8 Å². The van der Waals surface area contributed by atoms with Gasteiger partial charge in [-0.05, 0) is 79.7 Å². The first-order chi connectivity index (χ1) is 14.4. The number of ketones is 2. The molecule has 1 aromatic heterocycles. The minimum atomic E-state index is -0.240. The van der Waals surface area contributed by atoms with Crippen LogP contribution in [0.5, 0.6) is 0 Å². The average Bonchev–Trinajstić information content (AvgIpc) is 3.29. The van der Waals surface area contributed by atoms with Crippen LogP contribution in [-0.2, 0) is 9.59 Å². The van der Waals surface area contributed by atoms with Crippen molar-refractivity contribution in [1.82, 2.24) is 15.0 Å². The first-order valence-electron chi connectivity index (χ1n) is 11.8. The van der Waals surface area contributed by atoms with Crippen molar-refractivity contribution in [2.45, 2.75) is 71.3 Å². The van der Waals surface area contributed by atoms with Crippen molar-refractivity contribution in [1.29, 1.82) is 0 Å². The number of hydrogen-bond donors (Lipinski definition) is 0. The van der Waals surface area contributed by atoms with Gasteiger partial charge < -0.3 is 0 Å². The molecular formula is C25H31N3O2. The topological polar surface area (TPSA) is 64.8 Å². The normalized spacial score (nSPS) is 43.3. The van der Waals surface area contributed by atoms with Crippen LogP contribution in [0.3, 0.4) is 0 Å². The van der Waals surface area contributed by atoms with Crippen LogP contribution >= 0.6 is 0 Å². The van der Waals surface area contributed by atoms with Crippen LogP contribution in [0.4, 0.5) is 0 Å². The minimum absolute atomic E-state index is 0.0878. The van der Waals surface area contributed by atoms with Crippen LogP contribution in [-0.4, -0.2) is 26.6 Å². The molecule has 2 aromatic rings. The van der Waals surface area contributed by atoms with Crippen molar-refractivity contribution in [3.8, 4) is 0 Å². The Morgan fingerprint density at radius 1 is 0.867 bits per heavy atom. The fourth-order valence-electron chi connectivity index (χ4n) is 8.20. The summed E-state index contributed by atoms with van der Waals surface area (Å²) in [4.78, 5) is 27.6. The van der Waals surface area contributed by atoms with E-state index in [1.165, 1.54) is 0 Å². The Bertz CT molecular complexity index is 1010. The van der Waals surface area contributed by atoms with Gasteiger partial charge in [0, 0.05) is 18.3 Å². The summed E-state index contributed by atoms with van der Waals surface area (Å²) in [5.74, 6) is 2.89. The van der Waals surface area contributed by atoms with Crippen LogP contribution in [0, 0.1) is 34.5 Å². The Balaban J connectivity index is 1.37. The third-order valence-electron chi connectivity index (χ3n) is 9.82. The first kappa shape index (κ1) is 18.7. The highest BCUT2D eigenvalue weighted by Gasteiger charge is 2.62. The molecule has 4 fully saturated rings. The van der Waals surface area contributed by atoms with Crippen molar-refractivity contribution in [3.63, 3.8) is 0 Å². The standard InChI is InChI=1S/C25H31N3O2/c1-24-14-12-21(29)23(28-26-19-5-3-4-6-20(19)27-28)18(24)8-7-15-16-9-10-22(30)25(16,2)13-11-17(15)24/h3-6,15-18,23H,7-14H2,1-2H3/t15-,16-,17-,18-,23-,24+,25-/m0/s1. The summed E-state index contributed by atoms with van der Waals surface area (Å²) in [6, 6.07) is 7.65. The molecule has 4 aliphatic rings. The summed E-state index contributed by atoms with van der Waals surface area (Å²) in [7, 11) is 0. The maximum Gasteiger partial charge on any atom is 0.159 e. The molecule has 0 amide bonds. The Labute approximate surface area is 177 Å². The van der Waals surface area contributed by atoms with E-state index >= 15 is 0 Å². The van der Waals surface area contributed by atoms with Gasteiger partial charge in [0.15, 0.2) is 5.78 Å². The van der Waals surface area contributed by atoms with Crippen LogP contribution in [0.25, 0.3) is 11.0 Å². The maximum atomic E-state index is 13.2. The van der Waals surface area contributed by atoms with Gasteiger partial charge in [-0.2, -0.15) is 15.0 Å². The Morgan fingerprint density at radius 3 is 2.33 bits per heavy atom. The fraction of sp³-hybridized carbons (Fsp3) is 0.680. The lowest BCUT2D eigenvalue weighted by atomic mass is 9.44. The zero-order valence-corrected chi connectivity index (χ0v) is 18.0. The molecule has 1 aromatic carbocycles. The SMILES string of the molecule is C[C@]12CCC(=O)[C@@H](n3nc4ccccc4n3)[C@@H]1CC[C@@H]1[C@@H]2CC[C@]2(C)C(=O)CC[C@@H]12. The van der Waals surface area contributed by atoms with Gasteiger partial charge in [0.2, 0.25) is 0 Å². The molecule has 1 heterocycles. The van der Waals surface area contributed by atoms with E-state index in [-0.39, 0.29) is 16.9 Å². The van der Waals surface area contributed by atoms with Crippen molar-refractivity contribution in [2.75, 3.05) is 0 Å². The van der Waals surface area contributed by atoms with E-state index in [9.17, 15) is 9.59 Å². The summed E-state index contributed by atoms with van der Waals surface area (Å²) in [6.07, 6.45) is 7.80. The molecule has 0 spiro atoms. The van der Waals surface area contributed by atoms with E-state index in [1.807, 2.05) is 24.3 Å². The Hall–Kier alpha value is -2.04. The van der Waals surface area contributed by atoms with Crippen LogP contribution in [0.2, 0.25) is 0 Å². The fourth-order valence-corrected chi connectivity index (χ4v) is 8.20. The molecule has 0 radical (unpaired) electrons. The third-order valence-corrected chi connectivity index (χ3v) is 9.82. The molecule has 0 aliphatic heterocycles. The van der Waals surface area contributed by atoms with E-state index in [0.29, 0.717) is 41.7 Å². The van der Waals surface area contributed by atoms with Gasteiger partial charge in [0.05, 0.1) is 0 Å². The molecule has 5 heteroatoms. The lowest BCUT2D eigenvalue weighted by Gasteiger charge is -2.60. The second-order valence-electron chi connectivity index (χ2n) is 10.9. The highest BCUT2D eigenvalue weighted by Crippen LogP contribution is 2.66. The van der Waals surface area contributed by atoms with Gasteiger partial charge in [0.25, 0.3) is 0 Å². The lowest BCUT2D eigenvalue weighted by Crippen LogP contribution is -2.56. The van der Waals surface area contributed by atoms with Gasteiger partial charge in [-0.1, -0.05) is 26.0 Å². The monoisotopic (exact) mass is 405 g/mol. The van der Waals surface area contributed by atoms with Gasteiger partial charge in [-0.25, -0.2) is 0 Å². The molecule has 5 nitrogen and oxygen atoms in total. The van der Waals surface area contributed by atoms with Crippen LogP contribution in [0.15, 0.2) is 24.3 Å². The quantitative estimate of drug-likeness (QED) is 0.686. The number of hydrogen-bond acceptors (Lipinski definition) is 4. The number of nitrogens with zero attached hydrogens (tertiary/aromatic N) is 3. The average molecular weight is 406 g/mol. The van der Waals surface area contributed by atoms with Crippen molar-refractivity contribution in [3.05, 3.63) is 24.3 Å². The molecule has 7 atom stereocenters. The second kappa shape index (κ2) is 6.24. The van der Waals surface area contributed by atoms with Gasteiger partial charge in [0.1, 0.15) is 22.9 Å². The second-order valence-corrected chi connectivity index (χ2v) is 10.9. The van der Waals surface area contributed by atoms with Crippen molar-refractivity contribution >= 4 is 22.6 Å². The molecular weight excluding hydrogens is 374 g/mol. The number of Topliss-reactive ketones (excluding diaryl/α,β-unsaturated/α-hetero) is 2. The molecule has 0 saturated heterocycles. The summed E-state index contributed by atoms with van der Waals surface area (Å²) in [5.41, 5.74) is 1.78. The number of aromatic nitrogens is 3. The third kappa shape index (κ3) is 2.35. The molecule has 0 bridgehead atoms. The zero-order valence-electron chi connectivity index (χ0n) is 18.0. The number of rotatable bonds is 1. The first-order valence-corrected chi connectivity index (χ1v) is 11.8. The highest BCUT2D eigenvalue weighted by molar-refractivity contribution is 5.87. The van der Waals surface area contributed by atoms with E-state index in [1.54, 1.807) is 4.80 Å². The number of benzene rings is 1. The molecule has 0 N–H and O–H groups in total. The summed E-state index contributed by atoms with van der Waals surface area (Å²) < 4.78 is 0. The molecule has 6 rings (SSSR count). The van der Waals surface area contributed by atoms with E-state index in [4.69, 9.17) is 10.2 Å². The molecule has 30 heavy (non-hydrogen) atoms. The minimum Gasteiger partial charge on any atom is -0.299 e. The molecule has 158 valence electrons. The summed E-state index contributed by atoms with van der Waals surface area (Å²) in [6.45, 7) is 4.68. The van der Waals surface area contributed by atoms with Gasteiger partial charge in [-0.3, -0.25) is 9.59 Å². The number of carbonyl (C=O) groups excluding carboxylic acids is 2. The van der Waals surface area contributed by atoms with Crippen molar-refractivity contribution in [2.24, 2.45) is 34.5 Å². The molecule has 4 aliphatic carbocycles. The summed E-state index contributed by atoms with van der Waals surface area (Å²) >= 11 is 0. The number of fused-ring (bicyclic) bond motifs is 6. The summed E-state index contributed by atoms with van der Waals surface area (Å²) in [5, 5.41) is 9.45. The van der Waals surface area contributed by atoms with Crippen molar-refractivity contribution < 1.29 is 9.59 Å². The molecule has 4 saturated carbocycles. The predicted molar refractivity (Wildman–Crippen MR) is 114 cm³/mol. The smallest absolute Gasteiger partial charge is 0.159 e. The van der Waals surface area contributed by atoms with E-state index in [0.717, 1.165) is 56.0 Å². The van der Waals surface area contributed by atoms with Crippen LogP contribution < -0.4 is 0 Å². The van der Waals surface area contributed by atoms with Gasteiger partial charge in [-0.15, -0.1) is 0 Å². The van der Waals surface area contributed by atoms with Crippen LogP contribution in [0.1, 0.15) is 71.3 Å². The largest absolute Gasteiger partial charge is 0.299 e. The van der Waals surface area contributed by atoms with Gasteiger partial charge >= 0.3 is 0 Å². The van der Waals surface area contributed by atoms with E-state index < -0.39 is 0 Å². The zero-order chi connectivity index (χ0) is 20.7. The highest BCUT2D eigenvalue weighted by atomic mass is 16.1. The lowest BCUT2D eigenvalue weighted by molar-refractivity contribution is -0.152. The molecule has 0 unspecified atom stereocenters. The number of carbonyl (C=O) groups is 2.